The fourth-order valence-electron chi connectivity index (χ4n) is 3.25. The Morgan fingerprint density at radius 1 is 1.15 bits per heavy atom. The highest BCUT2D eigenvalue weighted by Gasteiger charge is 2.32. The van der Waals surface area contributed by atoms with E-state index in [1.165, 1.54) is 0 Å². The van der Waals surface area contributed by atoms with Crippen molar-refractivity contribution in [2.75, 3.05) is 29.5 Å². The first-order valence-corrected chi connectivity index (χ1v) is 9.28. The van der Waals surface area contributed by atoms with Gasteiger partial charge in [0.05, 0.1) is 12.6 Å². The highest BCUT2D eigenvalue weighted by Crippen LogP contribution is 2.23. The maximum atomic E-state index is 12.7. The van der Waals surface area contributed by atoms with Gasteiger partial charge < -0.3 is 15.0 Å². The summed E-state index contributed by atoms with van der Waals surface area (Å²) in [6.45, 7) is 5.47. The van der Waals surface area contributed by atoms with E-state index in [2.05, 4.69) is 5.32 Å². The fourth-order valence-corrected chi connectivity index (χ4v) is 3.25. The molecule has 1 heterocycles. The van der Waals surface area contributed by atoms with Crippen LogP contribution in [0.25, 0.3) is 0 Å². The van der Waals surface area contributed by atoms with E-state index in [0.29, 0.717) is 26.1 Å². The Hall–Kier alpha value is -3.02. The minimum atomic E-state index is -0.207. The summed E-state index contributed by atoms with van der Waals surface area (Å²) >= 11 is 0. The molecule has 0 spiro atoms. The van der Waals surface area contributed by atoms with Crippen molar-refractivity contribution in [2.24, 2.45) is 0 Å². The van der Waals surface area contributed by atoms with Crippen LogP contribution >= 0.6 is 0 Å². The smallest absolute Gasteiger partial charge is 0.322 e. The van der Waals surface area contributed by atoms with Crippen molar-refractivity contribution in [1.29, 1.82) is 0 Å². The lowest BCUT2D eigenvalue weighted by Crippen LogP contribution is -2.46. The Labute approximate surface area is 159 Å². The standard InChI is InChI=1S/C21H25N3O3/c1-3-23(18-10-12-19(13-11-18)27-4-2)21(26)22-16-14-20(25)24(15-16)17-8-6-5-7-9-17/h5-13,16H,3-4,14-15H2,1-2H3,(H,22,26). The molecule has 1 fully saturated rings. The number of hydrogen-bond acceptors (Lipinski definition) is 3. The van der Waals surface area contributed by atoms with E-state index in [-0.39, 0.29) is 18.0 Å². The molecule has 1 saturated heterocycles. The van der Waals surface area contributed by atoms with Crippen LogP contribution in [0, 0.1) is 0 Å². The SMILES string of the molecule is CCOc1ccc(N(CC)C(=O)NC2CC(=O)N(c3ccccc3)C2)cc1. The van der Waals surface area contributed by atoms with Gasteiger partial charge in [-0.25, -0.2) is 4.79 Å². The molecule has 0 saturated carbocycles. The molecule has 0 aromatic heterocycles. The molecule has 3 rings (SSSR count). The first kappa shape index (κ1) is 18.8. The van der Waals surface area contributed by atoms with Crippen molar-refractivity contribution >= 4 is 23.3 Å². The number of anilines is 2. The van der Waals surface area contributed by atoms with Crippen molar-refractivity contribution in [3.05, 3.63) is 54.6 Å². The molecule has 1 unspecified atom stereocenters. The number of urea groups is 1. The Balaban J connectivity index is 1.64. The van der Waals surface area contributed by atoms with Gasteiger partial charge in [0.1, 0.15) is 5.75 Å². The van der Waals surface area contributed by atoms with E-state index in [1.807, 2.05) is 68.4 Å². The van der Waals surface area contributed by atoms with Crippen molar-refractivity contribution < 1.29 is 14.3 Å². The topological polar surface area (TPSA) is 61.9 Å². The minimum absolute atomic E-state index is 0.0237. The van der Waals surface area contributed by atoms with E-state index in [9.17, 15) is 9.59 Å². The third-order valence-electron chi connectivity index (χ3n) is 4.54. The van der Waals surface area contributed by atoms with Crippen LogP contribution in [0.3, 0.4) is 0 Å². The van der Waals surface area contributed by atoms with Crippen LogP contribution in [-0.2, 0) is 4.79 Å². The molecule has 1 aliphatic heterocycles. The summed E-state index contributed by atoms with van der Waals surface area (Å²) in [4.78, 5) is 28.4. The number of amides is 3. The maximum absolute atomic E-state index is 12.7. The predicted octanol–water partition coefficient (Wildman–Crippen LogP) is 3.43. The molecule has 1 aliphatic rings. The van der Waals surface area contributed by atoms with Crippen molar-refractivity contribution in [3.63, 3.8) is 0 Å². The molecule has 6 heteroatoms. The summed E-state index contributed by atoms with van der Waals surface area (Å²) in [5.41, 5.74) is 1.65. The second kappa shape index (κ2) is 8.58. The molecule has 3 amide bonds. The molecule has 6 nitrogen and oxygen atoms in total. The van der Waals surface area contributed by atoms with Gasteiger partial charge in [0.15, 0.2) is 0 Å². The van der Waals surface area contributed by atoms with Gasteiger partial charge in [0.2, 0.25) is 5.91 Å². The number of benzene rings is 2. The second-order valence-corrected chi connectivity index (χ2v) is 6.36. The number of hydrogen-bond donors (Lipinski definition) is 1. The van der Waals surface area contributed by atoms with Crippen LogP contribution in [0.5, 0.6) is 5.75 Å². The van der Waals surface area contributed by atoms with E-state index in [1.54, 1.807) is 9.80 Å². The van der Waals surface area contributed by atoms with Crippen molar-refractivity contribution in [1.82, 2.24) is 5.32 Å². The highest BCUT2D eigenvalue weighted by atomic mass is 16.5. The van der Waals surface area contributed by atoms with Gasteiger partial charge in [-0.05, 0) is 50.2 Å². The lowest BCUT2D eigenvalue weighted by Gasteiger charge is -2.24. The highest BCUT2D eigenvalue weighted by molar-refractivity contribution is 5.98. The Kier molecular flexibility index (Phi) is 5.96. The zero-order valence-electron chi connectivity index (χ0n) is 15.7. The van der Waals surface area contributed by atoms with E-state index in [4.69, 9.17) is 4.74 Å². The second-order valence-electron chi connectivity index (χ2n) is 6.36. The van der Waals surface area contributed by atoms with Crippen LogP contribution in [-0.4, -0.2) is 37.7 Å². The van der Waals surface area contributed by atoms with Crippen LogP contribution in [0.4, 0.5) is 16.2 Å². The number of para-hydroxylation sites is 1. The molecular formula is C21H25N3O3. The lowest BCUT2D eigenvalue weighted by molar-refractivity contribution is -0.117. The Morgan fingerprint density at radius 2 is 1.85 bits per heavy atom. The first-order valence-electron chi connectivity index (χ1n) is 9.28. The van der Waals surface area contributed by atoms with Gasteiger partial charge in [0, 0.05) is 30.9 Å². The van der Waals surface area contributed by atoms with Crippen LogP contribution in [0.2, 0.25) is 0 Å². The van der Waals surface area contributed by atoms with Gasteiger partial charge in [-0.15, -0.1) is 0 Å². The molecule has 142 valence electrons. The Morgan fingerprint density at radius 3 is 2.48 bits per heavy atom. The quantitative estimate of drug-likeness (QED) is 0.851. The van der Waals surface area contributed by atoms with E-state index < -0.39 is 0 Å². The number of carbonyl (C=O) groups excluding carboxylic acids is 2. The zero-order chi connectivity index (χ0) is 19.2. The average Bonchev–Trinajstić information content (AvgIpc) is 3.04. The normalized spacial score (nSPS) is 16.3. The number of ether oxygens (including phenoxy) is 1. The predicted molar refractivity (Wildman–Crippen MR) is 106 cm³/mol. The van der Waals surface area contributed by atoms with E-state index in [0.717, 1.165) is 17.1 Å². The number of nitrogens with one attached hydrogen (secondary N) is 1. The third kappa shape index (κ3) is 4.39. The molecule has 27 heavy (non-hydrogen) atoms. The zero-order valence-corrected chi connectivity index (χ0v) is 15.7. The summed E-state index contributed by atoms with van der Waals surface area (Å²) in [6.07, 6.45) is 0.307. The number of rotatable bonds is 6. The monoisotopic (exact) mass is 367 g/mol. The lowest BCUT2D eigenvalue weighted by atomic mass is 10.2. The first-order chi connectivity index (χ1) is 13.1. The van der Waals surface area contributed by atoms with Gasteiger partial charge in [-0.2, -0.15) is 0 Å². The molecule has 0 aliphatic carbocycles. The summed E-state index contributed by atoms with van der Waals surface area (Å²) < 4.78 is 5.45. The van der Waals surface area contributed by atoms with Gasteiger partial charge >= 0.3 is 6.03 Å². The molecule has 2 aromatic rings. The molecule has 0 radical (unpaired) electrons. The van der Waals surface area contributed by atoms with Gasteiger partial charge in [-0.1, -0.05) is 18.2 Å². The van der Waals surface area contributed by atoms with Crippen molar-refractivity contribution in [2.45, 2.75) is 26.3 Å². The fraction of sp³-hybridized carbons (Fsp3) is 0.333. The average molecular weight is 367 g/mol. The third-order valence-corrected chi connectivity index (χ3v) is 4.54. The summed E-state index contributed by atoms with van der Waals surface area (Å²) in [6, 6.07) is 16.6. The number of carbonyl (C=O) groups is 2. The van der Waals surface area contributed by atoms with Crippen LogP contribution in [0.1, 0.15) is 20.3 Å². The summed E-state index contributed by atoms with van der Waals surface area (Å²) in [7, 11) is 0. The summed E-state index contributed by atoms with van der Waals surface area (Å²) in [5, 5.41) is 2.99. The molecule has 1 atom stereocenters. The Bertz CT molecular complexity index is 777. The van der Waals surface area contributed by atoms with E-state index >= 15 is 0 Å². The number of nitrogens with zero attached hydrogens (tertiary/aromatic N) is 2. The van der Waals surface area contributed by atoms with Crippen LogP contribution < -0.4 is 19.9 Å². The largest absolute Gasteiger partial charge is 0.494 e. The molecular weight excluding hydrogens is 342 g/mol. The molecule has 1 N–H and O–H groups in total. The van der Waals surface area contributed by atoms with Gasteiger partial charge in [-0.3, -0.25) is 9.69 Å². The summed E-state index contributed by atoms with van der Waals surface area (Å²) in [5.74, 6) is 0.799. The molecule has 2 aromatic carbocycles. The van der Waals surface area contributed by atoms with Gasteiger partial charge in [0.25, 0.3) is 0 Å². The maximum Gasteiger partial charge on any atom is 0.322 e. The van der Waals surface area contributed by atoms with Crippen molar-refractivity contribution in [3.8, 4) is 5.75 Å². The van der Waals surface area contributed by atoms with Crippen LogP contribution in [0.15, 0.2) is 54.6 Å². The molecule has 0 bridgehead atoms. The minimum Gasteiger partial charge on any atom is -0.494 e.